The van der Waals surface area contributed by atoms with Gasteiger partial charge in [-0.3, -0.25) is 4.79 Å². The standard InChI is InChI=1S/C13H14O4/c14-10-7-17-12-9(6-16-13(10)12)11(15)8-4-2-1-3-5-8/h1-5,9-10,12-14H,6-7H2/t9-,10-,12?,13?/m0/s1. The lowest BCUT2D eigenvalue weighted by atomic mass is 9.92. The Balaban J connectivity index is 1.80. The summed E-state index contributed by atoms with van der Waals surface area (Å²) in [7, 11) is 0. The second-order valence-corrected chi connectivity index (χ2v) is 4.50. The molecule has 4 nitrogen and oxygen atoms in total. The predicted molar refractivity (Wildman–Crippen MR) is 59.7 cm³/mol. The maximum Gasteiger partial charge on any atom is 0.170 e. The molecular formula is C13H14O4. The highest BCUT2D eigenvalue weighted by molar-refractivity contribution is 5.98. The smallest absolute Gasteiger partial charge is 0.170 e. The highest BCUT2D eigenvalue weighted by Crippen LogP contribution is 2.33. The number of rotatable bonds is 2. The van der Waals surface area contributed by atoms with Gasteiger partial charge < -0.3 is 14.6 Å². The lowest BCUT2D eigenvalue weighted by Crippen LogP contribution is -2.32. The van der Waals surface area contributed by atoms with E-state index in [9.17, 15) is 9.90 Å². The first-order valence-electron chi connectivity index (χ1n) is 5.78. The lowest BCUT2D eigenvalue weighted by Gasteiger charge is -2.14. The fourth-order valence-corrected chi connectivity index (χ4v) is 2.52. The van der Waals surface area contributed by atoms with Crippen molar-refractivity contribution in [3.05, 3.63) is 35.9 Å². The van der Waals surface area contributed by atoms with Gasteiger partial charge >= 0.3 is 0 Å². The summed E-state index contributed by atoms with van der Waals surface area (Å²) >= 11 is 0. The van der Waals surface area contributed by atoms with Crippen LogP contribution in [-0.4, -0.2) is 42.4 Å². The van der Waals surface area contributed by atoms with Crippen LogP contribution in [-0.2, 0) is 9.47 Å². The Hall–Kier alpha value is -1.23. The van der Waals surface area contributed by atoms with Crippen molar-refractivity contribution in [3.63, 3.8) is 0 Å². The van der Waals surface area contributed by atoms with Gasteiger partial charge in [-0.25, -0.2) is 0 Å². The molecule has 3 rings (SSSR count). The Labute approximate surface area is 99.2 Å². The monoisotopic (exact) mass is 234 g/mol. The second-order valence-electron chi connectivity index (χ2n) is 4.50. The van der Waals surface area contributed by atoms with Gasteiger partial charge in [0.1, 0.15) is 12.2 Å². The Morgan fingerprint density at radius 3 is 2.59 bits per heavy atom. The van der Waals surface area contributed by atoms with Crippen LogP contribution < -0.4 is 0 Å². The van der Waals surface area contributed by atoms with Gasteiger partial charge in [-0.15, -0.1) is 0 Å². The molecule has 1 aromatic rings. The quantitative estimate of drug-likeness (QED) is 0.763. The molecule has 4 heteroatoms. The number of Topliss-reactive ketones (excluding diaryl/α,β-unsaturated/α-hetero) is 1. The summed E-state index contributed by atoms with van der Waals surface area (Å²) in [6, 6.07) is 9.14. The molecule has 1 N–H and O–H groups in total. The van der Waals surface area contributed by atoms with Crippen molar-refractivity contribution in [1.82, 2.24) is 0 Å². The third-order valence-corrected chi connectivity index (χ3v) is 3.42. The molecule has 2 aliphatic rings. The molecule has 0 bridgehead atoms. The molecule has 4 atom stereocenters. The molecule has 0 aliphatic carbocycles. The van der Waals surface area contributed by atoms with E-state index in [1.807, 2.05) is 18.2 Å². The van der Waals surface area contributed by atoms with Crippen molar-refractivity contribution < 1.29 is 19.4 Å². The van der Waals surface area contributed by atoms with E-state index in [0.29, 0.717) is 12.2 Å². The number of aliphatic hydroxyl groups is 1. The number of carbonyl (C=O) groups is 1. The predicted octanol–water partition coefficient (Wildman–Crippen LogP) is 0.644. The average molecular weight is 234 g/mol. The largest absolute Gasteiger partial charge is 0.388 e. The van der Waals surface area contributed by atoms with Crippen LogP contribution in [0.3, 0.4) is 0 Å². The van der Waals surface area contributed by atoms with Gasteiger partial charge in [0.2, 0.25) is 0 Å². The van der Waals surface area contributed by atoms with Crippen molar-refractivity contribution in [2.24, 2.45) is 5.92 Å². The molecule has 0 aromatic heterocycles. The van der Waals surface area contributed by atoms with E-state index in [1.54, 1.807) is 12.1 Å². The molecule has 0 spiro atoms. The molecule has 1 aromatic carbocycles. The number of carbonyl (C=O) groups excluding carboxylic acids is 1. The van der Waals surface area contributed by atoms with Gasteiger partial charge in [-0.2, -0.15) is 0 Å². The van der Waals surface area contributed by atoms with Gasteiger partial charge in [0, 0.05) is 5.56 Å². The van der Waals surface area contributed by atoms with Crippen LogP contribution in [0.4, 0.5) is 0 Å². The first-order valence-corrected chi connectivity index (χ1v) is 5.78. The zero-order chi connectivity index (χ0) is 11.8. The minimum atomic E-state index is -0.603. The third kappa shape index (κ3) is 1.78. The summed E-state index contributed by atoms with van der Waals surface area (Å²) in [5, 5.41) is 9.61. The topological polar surface area (TPSA) is 55.8 Å². The molecular weight excluding hydrogens is 220 g/mol. The molecule has 17 heavy (non-hydrogen) atoms. The van der Waals surface area contributed by atoms with Crippen LogP contribution in [0.1, 0.15) is 10.4 Å². The number of hydrogen-bond acceptors (Lipinski definition) is 4. The fraction of sp³-hybridized carbons (Fsp3) is 0.462. The Bertz CT molecular complexity index is 417. The van der Waals surface area contributed by atoms with E-state index in [1.165, 1.54) is 0 Å². The maximum absolute atomic E-state index is 12.3. The van der Waals surface area contributed by atoms with Gasteiger partial charge in [-0.1, -0.05) is 30.3 Å². The second kappa shape index (κ2) is 4.22. The average Bonchev–Trinajstić information content (AvgIpc) is 2.93. The summed E-state index contributed by atoms with van der Waals surface area (Å²) in [6.45, 7) is 0.591. The van der Waals surface area contributed by atoms with E-state index in [4.69, 9.17) is 9.47 Å². The van der Waals surface area contributed by atoms with E-state index in [-0.39, 0.29) is 30.5 Å². The molecule has 2 heterocycles. The SMILES string of the molecule is O=C(c1ccccc1)[C@@H]1COC2C1OC[C@@H]2O. The molecule has 2 saturated heterocycles. The number of aliphatic hydroxyl groups excluding tert-OH is 1. The Morgan fingerprint density at radius 1 is 1.12 bits per heavy atom. The van der Waals surface area contributed by atoms with Crippen molar-refractivity contribution in [2.75, 3.05) is 13.2 Å². The summed E-state index contributed by atoms with van der Waals surface area (Å²) < 4.78 is 10.9. The van der Waals surface area contributed by atoms with Crippen LogP contribution in [0.25, 0.3) is 0 Å². The summed E-state index contributed by atoms with van der Waals surface area (Å²) in [5.74, 6) is -0.258. The third-order valence-electron chi connectivity index (χ3n) is 3.42. The molecule has 0 radical (unpaired) electrons. The normalized spacial score (nSPS) is 35.8. The Kier molecular flexibility index (Phi) is 2.70. The van der Waals surface area contributed by atoms with Crippen LogP contribution in [0.5, 0.6) is 0 Å². The highest BCUT2D eigenvalue weighted by Gasteiger charge is 2.49. The highest BCUT2D eigenvalue weighted by atomic mass is 16.6. The summed E-state index contributed by atoms with van der Waals surface area (Å²) in [6.07, 6.45) is -1.24. The molecule has 0 amide bonds. The van der Waals surface area contributed by atoms with Crippen molar-refractivity contribution in [1.29, 1.82) is 0 Å². The minimum absolute atomic E-state index is 0.0344. The molecule has 90 valence electrons. The van der Waals surface area contributed by atoms with E-state index >= 15 is 0 Å². The van der Waals surface area contributed by atoms with Crippen LogP contribution >= 0.6 is 0 Å². The zero-order valence-electron chi connectivity index (χ0n) is 9.28. The first-order chi connectivity index (χ1) is 8.27. The summed E-state index contributed by atoms with van der Waals surface area (Å²) in [5.41, 5.74) is 0.673. The Morgan fingerprint density at radius 2 is 1.82 bits per heavy atom. The fourth-order valence-electron chi connectivity index (χ4n) is 2.52. The number of ketones is 1. The van der Waals surface area contributed by atoms with Gasteiger partial charge in [0.15, 0.2) is 5.78 Å². The van der Waals surface area contributed by atoms with Crippen LogP contribution in [0.15, 0.2) is 30.3 Å². The van der Waals surface area contributed by atoms with Crippen molar-refractivity contribution in [3.8, 4) is 0 Å². The van der Waals surface area contributed by atoms with Crippen LogP contribution in [0.2, 0.25) is 0 Å². The zero-order valence-corrected chi connectivity index (χ0v) is 9.28. The first kappa shape index (κ1) is 10.9. The van der Waals surface area contributed by atoms with E-state index in [2.05, 4.69) is 0 Å². The summed E-state index contributed by atoms with van der Waals surface area (Å²) in [4.78, 5) is 12.3. The number of ether oxygens (including phenoxy) is 2. The number of benzene rings is 1. The van der Waals surface area contributed by atoms with Gasteiger partial charge in [0.25, 0.3) is 0 Å². The number of fused-ring (bicyclic) bond motifs is 1. The molecule has 2 aliphatic heterocycles. The maximum atomic E-state index is 12.3. The van der Waals surface area contributed by atoms with E-state index < -0.39 is 6.10 Å². The molecule has 2 fully saturated rings. The van der Waals surface area contributed by atoms with Crippen molar-refractivity contribution >= 4 is 5.78 Å². The van der Waals surface area contributed by atoms with Gasteiger partial charge in [-0.05, 0) is 0 Å². The van der Waals surface area contributed by atoms with Crippen molar-refractivity contribution in [2.45, 2.75) is 18.3 Å². The molecule has 0 saturated carbocycles. The minimum Gasteiger partial charge on any atom is -0.388 e. The molecule has 2 unspecified atom stereocenters. The van der Waals surface area contributed by atoms with Gasteiger partial charge in [0.05, 0.1) is 25.2 Å². The number of hydrogen-bond donors (Lipinski definition) is 1. The van der Waals surface area contributed by atoms with Crippen LogP contribution in [0, 0.1) is 5.92 Å². The lowest BCUT2D eigenvalue weighted by molar-refractivity contribution is 0.0170. The van der Waals surface area contributed by atoms with E-state index in [0.717, 1.165) is 0 Å².